The van der Waals surface area contributed by atoms with Gasteiger partial charge in [0.05, 0.1) is 6.07 Å². The van der Waals surface area contributed by atoms with Crippen molar-refractivity contribution in [2.45, 2.75) is 52.0 Å². The molecule has 1 aliphatic rings. The molecule has 0 spiro atoms. The van der Waals surface area contributed by atoms with Crippen molar-refractivity contribution in [3.8, 4) is 6.07 Å². The van der Waals surface area contributed by atoms with Crippen LogP contribution in [0.1, 0.15) is 53.6 Å². The number of aryl methyl sites for hydroxylation is 2. The van der Waals surface area contributed by atoms with Gasteiger partial charge in [0.15, 0.2) is 0 Å². The molecule has 0 aliphatic heterocycles. The summed E-state index contributed by atoms with van der Waals surface area (Å²) in [5.41, 5.74) is 2.63. The quantitative estimate of drug-likeness (QED) is 0.913. The van der Waals surface area contributed by atoms with Gasteiger partial charge < -0.3 is 5.32 Å². The van der Waals surface area contributed by atoms with Gasteiger partial charge in [-0.2, -0.15) is 5.26 Å². The Morgan fingerprint density at radius 3 is 2.40 bits per heavy atom. The number of carbonyl (C=O) groups is 1. The molecule has 1 amide bonds. The summed E-state index contributed by atoms with van der Waals surface area (Å²) in [4.78, 5) is 12.4. The molecule has 1 saturated carbocycles. The first-order chi connectivity index (χ1) is 9.63. The van der Waals surface area contributed by atoms with Crippen LogP contribution >= 0.6 is 0 Å². The number of nitriles is 1. The first-order valence-corrected chi connectivity index (χ1v) is 7.40. The SMILES string of the molecule is Cc1cccc(C)c1C(=O)NC(C#N)C1CCCCC1. The molecular formula is C17H22N2O. The zero-order valence-electron chi connectivity index (χ0n) is 12.3. The van der Waals surface area contributed by atoms with E-state index in [-0.39, 0.29) is 11.9 Å². The summed E-state index contributed by atoms with van der Waals surface area (Å²) in [6, 6.07) is 7.74. The largest absolute Gasteiger partial charge is 0.336 e. The highest BCUT2D eigenvalue weighted by Crippen LogP contribution is 2.26. The van der Waals surface area contributed by atoms with Gasteiger partial charge in [0.1, 0.15) is 6.04 Å². The van der Waals surface area contributed by atoms with Crippen LogP contribution in [0.15, 0.2) is 18.2 Å². The van der Waals surface area contributed by atoms with E-state index in [4.69, 9.17) is 0 Å². The van der Waals surface area contributed by atoms with Gasteiger partial charge in [-0.15, -0.1) is 0 Å². The van der Waals surface area contributed by atoms with Crippen molar-refractivity contribution in [2.24, 2.45) is 5.92 Å². The summed E-state index contributed by atoms with van der Waals surface area (Å²) in [6.45, 7) is 3.87. The van der Waals surface area contributed by atoms with E-state index in [2.05, 4.69) is 11.4 Å². The first kappa shape index (κ1) is 14.6. The van der Waals surface area contributed by atoms with Crippen LogP contribution in [0.2, 0.25) is 0 Å². The first-order valence-electron chi connectivity index (χ1n) is 7.40. The predicted octanol–water partition coefficient (Wildman–Crippen LogP) is 3.51. The Balaban J connectivity index is 2.11. The molecule has 1 N–H and O–H groups in total. The maximum absolute atomic E-state index is 12.4. The Kier molecular flexibility index (Phi) is 4.79. The second-order valence-electron chi connectivity index (χ2n) is 5.75. The fourth-order valence-electron chi connectivity index (χ4n) is 3.11. The van der Waals surface area contributed by atoms with Gasteiger partial charge >= 0.3 is 0 Å². The van der Waals surface area contributed by atoms with Gasteiger partial charge in [-0.3, -0.25) is 4.79 Å². The van der Waals surface area contributed by atoms with E-state index in [1.54, 1.807) is 0 Å². The second-order valence-corrected chi connectivity index (χ2v) is 5.75. The molecule has 106 valence electrons. The van der Waals surface area contributed by atoms with Crippen molar-refractivity contribution in [3.05, 3.63) is 34.9 Å². The number of hydrogen-bond acceptors (Lipinski definition) is 2. The van der Waals surface area contributed by atoms with Gasteiger partial charge in [-0.1, -0.05) is 37.5 Å². The molecule has 1 atom stereocenters. The van der Waals surface area contributed by atoms with E-state index < -0.39 is 0 Å². The van der Waals surface area contributed by atoms with Gasteiger partial charge in [0.25, 0.3) is 5.91 Å². The number of rotatable bonds is 3. The highest BCUT2D eigenvalue weighted by atomic mass is 16.1. The van der Waals surface area contributed by atoms with E-state index in [1.807, 2.05) is 32.0 Å². The van der Waals surface area contributed by atoms with Crippen LogP contribution in [-0.4, -0.2) is 11.9 Å². The Hall–Kier alpha value is -1.82. The molecule has 20 heavy (non-hydrogen) atoms. The van der Waals surface area contributed by atoms with Crippen molar-refractivity contribution in [1.29, 1.82) is 5.26 Å². The molecule has 0 saturated heterocycles. The minimum Gasteiger partial charge on any atom is -0.336 e. The molecule has 1 aromatic rings. The van der Waals surface area contributed by atoms with E-state index in [0.29, 0.717) is 11.5 Å². The smallest absolute Gasteiger partial charge is 0.252 e. The molecule has 3 nitrogen and oxygen atoms in total. The normalized spacial score (nSPS) is 17.2. The maximum atomic E-state index is 12.4. The van der Waals surface area contributed by atoms with Crippen LogP contribution in [0.4, 0.5) is 0 Å². The monoisotopic (exact) mass is 270 g/mol. The standard InChI is InChI=1S/C17H22N2O/c1-12-7-6-8-13(2)16(12)17(20)19-15(11-18)14-9-4-3-5-10-14/h6-8,14-15H,3-5,9-10H2,1-2H3,(H,19,20). The molecule has 0 bridgehead atoms. The average molecular weight is 270 g/mol. The Morgan fingerprint density at radius 1 is 1.25 bits per heavy atom. The van der Waals surface area contributed by atoms with Crippen LogP contribution in [0, 0.1) is 31.1 Å². The molecule has 0 heterocycles. The fraction of sp³-hybridized carbons (Fsp3) is 0.529. The molecule has 1 aliphatic carbocycles. The summed E-state index contributed by atoms with van der Waals surface area (Å²) in [5, 5.41) is 12.3. The van der Waals surface area contributed by atoms with Gasteiger partial charge in [-0.25, -0.2) is 0 Å². The van der Waals surface area contributed by atoms with Crippen molar-refractivity contribution >= 4 is 5.91 Å². The molecule has 0 aromatic heterocycles. The number of carbonyl (C=O) groups excluding carboxylic acids is 1. The van der Waals surface area contributed by atoms with Gasteiger partial charge in [0, 0.05) is 5.56 Å². The Bertz CT molecular complexity index is 504. The van der Waals surface area contributed by atoms with E-state index in [1.165, 1.54) is 19.3 Å². The van der Waals surface area contributed by atoms with E-state index in [0.717, 1.165) is 24.0 Å². The fourth-order valence-corrected chi connectivity index (χ4v) is 3.11. The summed E-state index contributed by atoms with van der Waals surface area (Å²) in [7, 11) is 0. The highest BCUT2D eigenvalue weighted by Gasteiger charge is 2.26. The molecule has 3 heteroatoms. The molecular weight excluding hydrogens is 248 g/mol. The third-order valence-electron chi connectivity index (χ3n) is 4.26. The Labute approximate surface area is 121 Å². The zero-order chi connectivity index (χ0) is 14.5. The lowest BCUT2D eigenvalue weighted by molar-refractivity contribution is 0.0927. The van der Waals surface area contributed by atoms with Crippen molar-refractivity contribution < 1.29 is 4.79 Å². The zero-order valence-corrected chi connectivity index (χ0v) is 12.3. The lowest BCUT2D eigenvalue weighted by Crippen LogP contribution is -2.40. The third kappa shape index (κ3) is 3.19. The molecule has 1 unspecified atom stereocenters. The lowest BCUT2D eigenvalue weighted by atomic mass is 9.84. The molecule has 1 fully saturated rings. The molecule has 2 rings (SSSR count). The van der Waals surface area contributed by atoms with E-state index in [9.17, 15) is 10.1 Å². The van der Waals surface area contributed by atoms with Crippen molar-refractivity contribution in [2.75, 3.05) is 0 Å². The van der Waals surface area contributed by atoms with Crippen LogP contribution < -0.4 is 5.32 Å². The minimum absolute atomic E-state index is 0.113. The lowest BCUT2D eigenvalue weighted by Gasteiger charge is -2.26. The summed E-state index contributed by atoms with van der Waals surface area (Å²) in [6.07, 6.45) is 5.68. The van der Waals surface area contributed by atoms with Gasteiger partial charge in [0.2, 0.25) is 0 Å². The maximum Gasteiger partial charge on any atom is 0.252 e. The van der Waals surface area contributed by atoms with Crippen molar-refractivity contribution in [3.63, 3.8) is 0 Å². The van der Waals surface area contributed by atoms with Crippen molar-refractivity contribution in [1.82, 2.24) is 5.32 Å². The topological polar surface area (TPSA) is 52.9 Å². The minimum atomic E-state index is -0.359. The van der Waals surface area contributed by atoms with E-state index >= 15 is 0 Å². The van der Waals surface area contributed by atoms with Crippen LogP contribution in [0.3, 0.4) is 0 Å². The summed E-state index contributed by atoms with van der Waals surface area (Å²) >= 11 is 0. The number of hydrogen-bond donors (Lipinski definition) is 1. The van der Waals surface area contributed by atoms with Crippen LogP contribution in [-0.2, 0) is 0 Å². The summed E-state index contributed by atoms with van der Waals surface area (Å²) < 4.78 is 0. The van der Waals surface area contributed by atoms with Crippen LogP contribution in [0.25, 0.3) is 0 Å². The number of nitrogens with one attached hydrogen (secondary N) is 1. The predicted molar refractivity (Wildman–Crippen MR) is 79.4 cm³/mol. The number of amides is 1. The number of benzene rings is 1. The molecule has 0 radical (unpaired) electrons. The number of nitrogens with zero attached hydrogens (tertiary/aromatic N) is 1. The van der Waals surface area contributed by atoms with Crippen LogP contribution in [0.5, 0.6) is 0 Å². The molecule has 1 aromatic carbocycles. The second kappa shape index (κ2) is 6.56. The third-order valence-corrected chi connectivity index (χ3v) is 4.26. The Morgan fingerprint density at radius 2 is 1.85 bits per heavy atom. The van der Waals surface area contributed by atoms with Gasteiger partial charge in [-0.05, 0) is 43.7 Å². The highest BCUT2D eigenvalue weighted by molar-refractivity contribution is 5.97. The average Bonchev–Trinajstić information content (AvgIpc) is 2.45. The summed E-state index contributed by atoms with van der Waals surface area (Å²) in [5.74, 6) is 0.194.